The first kappa shape index (κ1) is 19.0. The molecule has 0 bridgehead atoms. The molecule has 0 fully saturated rings. The van der Waals surface area contributed by atoms with Crippen LogP contribution in [0.1, 0.15) is 18.1 Å². The molecule has 1 unspecified atom stereocenters. The second-order valence-electron chi connectivity index (χ2n) is 7.03. The Morgan fingerprint density at radius 3 is 2.86 bits per heavy atom. The van der Waals surface area contributed by atoms with Crippen molar-refractivity contribution >= 4 is 34.9 Å². The summed E-state index contributed by atoms with van der Waals surface area (Å²) < 4.78 is 7.41. The van der Waals surface area contributed by atoms with Gasteiger partial charge >= 0.3 is 0 Å². The van der Waals surface area contributed by atoms with Crippen LogP contribution in [0.4, 0.5) is 11.5 Å². The summed E-state index contributed by atoms with van der Waals surface area (Å²) in [6.45, 7) is 3.80. The molecule has 148 valence electrons. The van der Waals surface area contributed by atoms with Gasteiger partial charge in [0, 0.05) is 17.3 Å². The van der Waals surface area contributed by atoms with Gasteiger partial charge in [-0.1, -0.05) is 35.9 Å². The number of nitrogens with one attached hydrogen (secondary N) is 2. The van der Waals surface area contributed by atoms with E-state index in [4.69, 9.17) is 16.3 Å². The summed E-state index contributed by atoms with van der Waals surface area (Å²) in [5.74, 6) is -0.390. The van der Waals surface area contributed by atoms with Gasteiger partial charge in [0.25, 0.3) is 17.4 Å². The van der Waals surface area contributed by atoms with Crippen molar-refractivity contribution in [1.29, 1.82) is 0 Å². The minimum absolute atomic E-state index is 0.314. The maximum absolute atomic E-state index is 12.8. The molecular formula is C21H19ClN4O3. The summed E-state index contributed by atoms with van der Waals surface area (Å²) in [6, 6.07) is 14.5. The monoisotopic (exact) mass is 410 g/mol. The average Bonchev–Trinajstić information content (AvgIpc) is 3.12. The van der Waals surface area contributed by atoms with Crippen molar-refractivity contribution in [2.45, 2.75) is 26.0 Å². The normalized spacial score (nSPS) is 17.8. The van der Waals surface area contributed by atoms with Gasteiger partial charge in [-0.15, -0.1) is 0 Å². The van der Waals surface area contributed by atoms with Crippen LogP contribution < -0.4 is 15.4 Å². The third-order valence-electron chi connectivity index (χ3n) is 4.74. The molecule has 8 heteroatoms. The maximum atomic E-state index is 12.8. The number of carbonyl (C=O) groups is 2. The lowest BCUT2D eigenvalue weighted by molar-refractivity contribution is -0.143. The lowest BCUT2D eigenvalue weighted by Gasteiger charge is -2.33. The number of halogens is 1. The summed E-state index contributed by atoms with van der Waals surface area (Å²) in [5, 5.41) is 10.4. The molecule has 0 radical (unpaired) electrons. The van der Waals surface area contributed by atoms with E-state index in [1.807, 2.05) is 37.3 Å². The van der Waals surface area contributed by atoms with E-state index < -0.39 is 17.4 Å². The van der Waals surface area contributed by atoms with Crippen LogP contribution >= 0.6 is 11.6 Å². The van der Waals surface area contributed by atoms with E-state index in [2.05, 4.69) is 15.7 Å². The fourth-order valence-electron chi connectivity index (χ4n) is 3.04. The highest BCUT2D eigenvalue weighted by atomic mass is 35.5. The molecule has 29 heavy (non-hydrogen) atoms. The molecule has 1 aliphatic heterocycles. The van der Waals surface area contributed by atoms with Gasteiger partial charge in [-0.05, 0) is 43.2 Å². The highest BCUT2D eigenvalue weighted by Crippen LogP contribution is 2.34. The first-order chi connectivity index (χ1) is 13.8. The van der Waals surface area contributed by atoms with E-state index in [-0.39, 0.29) is 0 Å². The molecule has 7 nitrogen and oxygen atoms in total. The smallest absolute Gasteiger partial charge is 0.279 e. The maximum Gasteiger partial charge on any atom is 0.279 e. The zero-order valence-electron chi connectivity index (χ0n) is 15.9. The van der Waals surface area contributed by atoms with E-state index in [1.165, 1.54) is 6.92 Å². The molecule has 2 amide bonds. The van der Waals surface area contributed by atoms with Gasteiger partial charge in [0.05, 0.1) is 12.2 Å². The summed E-state index contributed by atoms with van der Waals surface area (Å²) in [7, 11) is 0. The van der Waals surface area contributed by atoms with Crippen molar-refractivity contribution in [1.82, 2.24) is 9.78 Å². The van der Waals surface area contributed by atoms with Gasteiger partial charge in [0.2, 0.25) is 0 Å². The fourth-order valence-corrected chi connectivity index (χ4v) is 3.24. The number of aryl methyl sites for hydroxylation is 1. The number of benzene rings is 2. The van der Waals surface area contributed by atoms with Gasteiger partial charge < -0.3 is 15.4 Å². The molecule has 1 atom stereocenters. The predicted octanol–water partition coefficient (Wildman–Crippen LogP) is 3.62. The zero-order chi connectivity index (χ0) is 20.6. The number of aromatic nitrogens is 2. The number of hydrogen-bond acceptors (Lipinski definition) is 4. The van der Waals surface area contributed by atoms with Crippen LogP contribution in [0.2, 0.25) is 5.02 Å². The molecule has 3 aromatic rings. The number of fused-ring (bicyclic) bond motifs is 1. The number of anilines is 2. The first-order valence-electron chi connectivity index (χ1n) is 9.04. The third-order valence-corrected chi connectivity index (χ3v) is 5.11. The minimum Gasteiger partial charge on any atom is -0.466 e. The Kier molecular flexibility index (Phi) is 4.76. The lowest BCUT2D eigenvalue weighted by Crippen LogP contribution is -2.56. The standard InChI is InChI=1S/C21H19ClN4O3/c1-13-7-8-17-16(11-13)23-19(27)21(2,29-17)20(28)24-18-9-10-26(25-18)12-14-5-3-4-6-15(14)22/h3-11H,12H2,1-2H3,(H,23,27)(H,24,25,28). The average molecular weight is 411 g/mol. The van der Waals surface area contributed by atoms with Crippen LogP contribution in [0.25, 0.3) is 0 Å². The largest absolute Gasteiger partial charge is 0.466 e. The van der Waals surface area contributed by atoms with Crippen LogP contribution in [0.3, 0.4) is 0 Å². The van der Waals surface area contributed by atoms with Gasteiger partial charge in [-0.25, -0.2) is 0 Å². The predicted molar refractivity (Wildman–Crippen MR) is 110 cm³/mol. The second-order valence-corrected chi connectivity index (χ2v) is 7.44. The van der Waals surface area contributed by atoms with Crippen molar-refractivity contribution in [3.8, 4) is 5.75 Å². The minimum atomic E-state index is -1.71. The summed E-state index contributed by atoms with van der Waals surface area (Å²) in [5.41, 5.74) is 0.715. The summed E-state index contributed by atoms with van der Waals surface area (Å²) in [4.78, 5) is 25.4. The van der Waals surface area contributed by atoms with Gasteiger partial charge in [0.1, 0.15) is 5.75 Å². The number of hydrogen-bond donors (Lipinski definition) is 2. The fraction of sp³-hybridized carbons (Fsp3) is 0.190. The molecule has 4 rings (SSSR count). The summed E-state index contributed by atoms with van der Waals surface area (Å²) in [6.07, 6.45) is 1.72. The van der Waals surface area contributed by atoms with Gasteiger partial charge in [0.15, 0.2) is 5.82 Å². The molecule has 1 aromatic heterocycles. The number of nitrogens with zero attached hydrogens (tertiary/aromatic N) is 2. The van der Waals surface area contributed by atoms with Crippen molar-refractivity contribution in [2.75, 3.05) is 10.6 Å². The Hall–Kier alpha value is -3.32. The van der Waals surface area contributed by atoms with Crippen LogP contribution in [0.15, 0.2) is 54.7 Å². The van der Waals surface area contributed by atoms with Crippen molar-refractivity contribution in [3.63, 3.8) is 0 Å². The molecule has 2 N–H and O–H groups in total. The Bertz CT molecular complexity index is 1110. The zero-order valence-corrected chi connectivity index (χ0v) is 16.7. The molecular weight excluding hydrogens is 392 g/mol. The van der Waals surface area contributed by atoms with Crippen molar-refractivity contribution in [2.24, 2.45) is 0 Å². The number of rotatable bonds is 4. The van der Waals surface area contributed by atoms with E-state index in [9.17, 15) is 9.59 Å². The number of carbonyl (C=O) groups excluding carboxylic acids is 2. The Morgan fingerprint density at radius 2 is 2.07 bits per heavy atom. The van der Waals surface area contributed by atoms with E-state index in [1.54, 1.807) is 29.1 Å². The van der Waals surface area contributed by atoms with Crippen LogP contribution in [0, 0.1) is 6.92 Å². The van der Waals surface area contributed by atoms with E-state index >= 15 is 0 Å². The Morgan fingerprint density at radius 1 is 1.28 bits per heavy atom. The van der Waals surface area contributed by atoms with Crippen molar-refractivity contribution in [3.05, 3.63) is 70.9 Å². The van der Waals surface area contributed by atoms with E-state index in [0.29, 0.717) is 28.8 Å². The SMILES string of the molecule is Cc1ccc2c(c1)NC(=O)C(C)(C(=O)Nc1ccn(Cc3ccccc3Cl)n1)O2. The topological polar surface area (TPSA) is 85.3 Å². The highest BCUT2D eigenvalue weighted by molar-refractivity contribution is 6.31. The second kappa shape index (κ2) is 7.25. The van der Waals surface area contributed by atoms with Gasteiger partial charge in [-0.3, -0.25) is 14.3 Å². The lowest BCUT2D eigenvalue weighted by atomic mass is 10.0. The number of ether oxygens (including phenoxy) is 1. The summed E-state index contributed by atoms with van der Waals surface area (Å²) >= 11 is 6.18. The quantitative estimate of drug-likeness (QED) is 0.643. The Labute approximate surface area is 172 Å². The molecule has 0 saturated carbocycles. The first-order valence-corrected chi connectivity index (χ1v) is 9.42. The Balaban J connectivity index is 1.49. The molecule has 1 aliphatic rings. The number of amides is 2. The van der Waals surface area contributed by atoms with Crippen LogP contribution in [0.5, 0.6) is 5.75 Å². The van der Waals surface area contributed by atoms with Crippen LogP contribution in [-0.4, -0.2) is 27.2 Å². The molecule has 2 aromatic carbocycles. The van der Waals surface area contributed by atoms with Crippen molar-refractivity contribution < 1.29 is 14.3 Å². The third kappa shape index (κ3) is 3.69. The molecule has 0 saturated heterocycles. The van der Waals surface area contributed by atoms with E-state index in [0.717, 1.165) is 11.1 Å². The molecule has 0 aliphatic carbocycles. The van der Waals surface area contributed by atoms with Crippen LogP contribution in [-0.2, 0) is 16.1 Å². The molecule has 2 heterocycles. The van der Waals surface area contributed by atoms with Gasteiger partial charge in [-0.2, -0.15) is 5.10 Å². The highest BCUT2D eigenvalue weighted by Gasteiger charge is 2.47. The molecule has 0 spiro atoms.